The van der Waals surface area contributed by atoms with Crippen LogP contribution in [0.3, 0.4) is 0 Å². The Bertz CT molecular complexity index is 609. The number of pyridine rings is 1. The molecule has 0 aliphatic heterocycles. The maximum atomic E-state index is 13.1. The molecule has 0 unspecified atom stereocenters. The van der Waals surface area contributed by atoms with Crippen LogP contribution in [-0.4, -0.2) is 16.2 Å². The van der Waals surface area contributed by atoms with Crippen molar-refractivity contribution in [2.24, 2.45) is 0 Å². The van der Waals surface area contributed by atoms with Gasteiger partial charge in [-0.05, 0) is 19.9 Å². The van der Waals surface area contributed by atoms with E-state index in [0.29, 0.717) is 6.61 Å². The summed E-state index contributed by atoms with van der Waals surface area (Å²) in [5, 5.41) is 2.73. The summed E-state index contributed by atoms with van der Waals surface area (Å²) in [6, 6.07) is 2.37. The minimum atomic E-state index is -0.433. The predicted molar refractivity (Wildman–Crippen MR) is 71.9 cm³/mol. The smallest absolute Gasteiger partial charge is 0.251 e. The molecule has 19 heavy (non-hydrogen) atoms. The zero-order valence-corrected chi connectivity index (χ0v) is 11.6. The highest BCUT2D eigenvalue weighted by atomic mass is 32.1. The number of rotatable bonds is 5. The largest absolute Gasteiger partial charge is 0.372 e. The van der Waals surface area contributed by atoms with Crippen molar-refractivity contribution in [2.45, 2.75) is 26.5 Å². The zero-order valence-electron chi connectivity index (χ0n) is 10.8. The van der Waals surface area contributed by atoms with Crippen molar-refractivity contribution in [3.05, 3.63) is 50.6 Å². The van der Waals surface area contributed by atoms with Crippen LogP contribution < -0.4 is 5.56 Å². The van der Waals surface area contributed by atoms with Gasteiger partial charge in [0.1, 0.15) is 16.9 Å². The Balaban J connectivity index is 2.16. The predicted octanol–water partition coefficient (Wildman–Crippen LogP) is 2.59. The molecule has 0 bridgehead atoms. The number of hydrogen-bond donors (Lipinski definition) is 0. The fourth-order valence-electron chi connectivity index (χ4n) is 1.70. The van der Waals surface area contributed by atoms with Crippen molar-refractivity contribution < 1.29 is 9.13 Å². The minimum absolute atomic E-state index is 0.0621. The van der Waals surface area contributed by atoms with Gasteiger partial charge in [-0.3, -0.25) is 4.79 Å². The van der Waals surface area contributed by atoms with Crippen LogP contribution in [0.1, 0.15) is 30.7 Å². The highest BCUT2D eigenvalue weighted by molar-refractivity contribution is 7.09. The third-order valence-electron chi connectivity index (χ3n) is 2.61. The molecule has 0 saturated carbocycles. The molecule has 0 aliphatic carbocycles. The Kier molecular flexibility index (Phi) is 4.44. The first-order valence-corrected chi connectivity index (χ1v) is 6.90. The van der Waals surface area contributed by atoms with Gasteiger partial charge in [0, 0.05) is 24.3 Å². The van der Waals surface area contributed by atoms with E-state index in [1.807, 2.05) is 19.2 Å². The Morgan fingerprint density at radius 3 is 3.05 bits per heavy atom. The highest BCUT2D eigenvalue weighted by Gasteiger charge is 2.11. The molecule has 6 heteroatoms. The standard InChI is InChI=1S/C13H15FN2O2S/c1-3-18-9(2)13-15-11(8-19-13)7-16-6-10(14)4-5-12(16)17/h4-6,8-9H,3,7H2,1-2H3/t9-/m0/s1. The summed E-state index contributed by atoms with van der Waals surface area (Å²) in [6.45, 7) is 4.75. The van der Waals surface area contributed by atoms with Crippen molar-refractivity contribution in [1.29, 1.82) is 0 Å². The molecule has 102 valence electrons. The lowest BCUT2D eigenvalue weighted by molar-refractivity contribution is 0.0761. The van der Waals surface area contributed by atoms with Gasteiger partial charge in [-0.2, -0.15) is 0 Å². The number of nitrogens with zero attached hydrogens (tertiary/aromatic N) is 2. The molecule has 2 heterocycles. The van der Waals surface area contributed by atoms with E-state index in [-0.39, 0.29) is 18.2 Å². The molecular formula is C13H15FN2O2S. The number of halogens is 1. The average molecular weight is 282 g/mol. The van der Waals surface area contributed by atoms with Crippen LogP contribution in [0.4, 0.5) is 4.39 Å². The SMILES string of the molecule is CCO[C@@H](C)c1nc(Cn2cc(F)ccc2=O)cs1. The van der Waals surface area contributed by atoms with Crippen LogP contribution in [0.2, 0.25) is 0 Å². The number of thiazole rings is 1. The first-order valence-electron chi connectivity index (χ1n) is 6.02. The Hall–Kier alpha value is -1.53. The quantitative estimate of drug-likeness (QED) is 0.846. The Morgan fingerprint density at radius 2 is 2.32 bits per heavy atom. The molecule has 2 aromatic heterocycles. The third kappa shape index (κ3) is 3.48. The van der Waals surface area contributed by atoms with E-state index < -0.39 is 5.82 Å². The highest BCUT2D eigenvalue weighted by Crippen LogP contribution is 2.21. The maximum absolute atomic E-state index is 13.1. The van der Waals surface area contributed by atoms with E-state index in [2.05, 4.69) is 4.98 Å². The number of hydrogen-bond acceptors (Lipinski definition) is 4. The summed E-state index contributed by atoms with van der Waals surface area (Å²) < 4.78 is 19.8. The van der Waals surface area contributed by atoms with E-state index in [4.69, 9.17) is 4.74 Å². The summed E-state index contributed by atoms with van der Waals surface area (Å²) in [7, 11) is 0. The molecule has 0 spiro atoms. The second kappa shape index (κ2) is 6.08. The molecule has 0 aromatic carbocycles. The van der Waals surface area contributed by atoms with Gasteiger partial charge in [0.25, 0.3) is 5.56 Å². The van der Waals surface area contributed by atoms with Gasteiger partial charge < -0.3 is 9.30 Å². The number of aromatic nitrogens is 2. The molecule has 4 nitrogen and oxygen atoms in total. The van der Waals surface area contributed by atoms with Gasteiger partial charge in [-0.25, -0.2) is 9.37 Å². The van der Waals surface area contributed by atoms with E-state index in [1.54, 1.807) is 0 Å². The van der Waals surface area contributed by atoms with Crippen molar-refractivity contribution in [1.82, 2.24) is 9.55 Å². The van der Waals surface area contributed by atoms with Crippen molar-refractivity contribution >= 4 is 11.3 Å². The summed E-state index contributed by atoms with van der Waals surface area (Å²) in [6.07, 6.45) is 1.13. The molecule has 2 aromatic rings. The summed E-state index contributed by atoms with van der Waals surface area (Å²) in [5.41, 5.74) is 0.494. The number of ether oxygens (including phenoxy) is 1. The molecule has 0 aliphatic rings. The fourth-order valence-corrected chi connectivity index (χ4v) is 2.52. The van der Waals surface area contributed by atoms with Crippen LogP contribution in [0.5, 0.6) is 0 Å². The Morgan fingerprint density at radius 1 is 1.53 bits per heavy atom. The summed E-state index contributed by atoms with van der Waals surface area (Å²) in [5.74, 6) is -0.433. The summed E-state index contributed by atoms with van der Waals surface area (Å²) in [4.78, 5) is 16.0. The molecule has 0 N–H and O–H groups in total. The first-order chi connectivity index (χ1) is 9.10. The normalized spacial score (nSPS) is 12.6. The molecule has 0 amide bonds. The average Bonchev–Trinajstić information content (AvgIpc) is 2.83. The van der Waals surface area contributed by atoms with Crippen molar-refractivity contribution in [2.75, 3.05) is 6.61 Å². The second-order valence-electron chi connectivity index (χ2n) is 4.09. The molecule has 0 fully saturated rings. The fraction of sp³-hybridized carbons (Fsp3) is 0.385. The van der Waals surface area contributed by atoms with Gasteiger partial charge >= 0.3 is 0 Å². The van der Waals surface area contributed by atoms with E-state index >= 15 is 0 Å². The van der Waals surface area contributed by atoms with Crippen molar-refractivity contribution in [3.63, 3.8) is 0 Å². The van der Waals surface area contributed by atoms with Gasteiger partial charge in [-0.1, -0.05) is 0 Å². The van der Waals surface area contributed by atoms with E-state index in [9.17, 15) is 9.18 Å². The first kappa shape index (κ1) is 13.9. The van der Waals surface area contributed by atoms with Crippen LogP contribution >= 0.6 is 11.3 Å². The lowest BCUT2D eigenvalue weighted by atomic mass is 10.4. The lowest BCUT2D eigenvalue weighted by Gasteiger charge is -2.07. The molecule has 1 atom stereocenters. The van der Waals surface area contributed by atoms with E-state index in [1.165, 1.54) is 28.2 Å². The molecule has 0 saturated heterocycles. The van der Waals surface area contributed by atoms with Crippen LogP contribution in [0.15, 0.2) is 28.5 Å². The molecule has 0 radical (unpaired) electrons. The van der Waals surface area contributed by atoms with Gasteiger partial charge in [0.05, 0.1) is 12.2 Å². The summed E-state index contributed by atoms with van der Waals surface area (Å²) >= 11 is 1.48. The topological polar surface area (TPSA) is 44.1 Å². The molecule has 2 rings (SSSR count). The lowest BCUT2D eigenvalue weighted by Crippen LogP contribution is -2.19. The molecular weight excluding hydrogens is 267 g/mol. The van der Waals surface area contributed by atoms with Crippen LogP contribution in [0.25, 0.3) is 0 Å². The third-order valence-corrected chi connectivity index (χ3v) is 3.67. The Labute approximate surface area is 114 Å². The van der Waals surface area contributed by atoms with E-state index in [0.717, 1.165) is 16.8 Å². The van der Waals surface area contributed by atoms with Gasteiger partial charge in [0.2, 0.25) is 0 Å². The van der Waals surface area contributed by atoms with Crippen LogP contribution in [0, 0.1) is 5.82 Å². The monoisotopic (exact) mass is 282 g/mol. The zero-order chi connectivity index (χ0) is 13.8. The van der Waals surface area contributed by atoms with Crippen molar-refractivity contribution in [3.8, 4) is 0 Å². The van der Waals surface area contributed by atoms with Gasteiger partial charge in [-0.15, -0.1) is 11.3 Å². The van der Waals surface area contributed by atoms with Crippen LogP contribution in [-0.2, 0) is 11.3 Å². The minimum Gasteiger partial charge on any atom is -0.372 e. The second-order valence-corrected chi connectivity index (χ2v) is 4.98. The van der Waals surface area contributed by atoms with Gasteiger partial charge in [0.15, 0.2) is 0 Å². The maximum Gasteiger partial charge on any atom is 0.251 e.